The van der Waals surface area contributed by atoms with E-state index in [1.165, 1.54) is 0 Å². The zero-order valence-corrected chi connectivity index (χ0v) is 12.4. The number of nitrogens with zero attached hydrogens (tertiary/aromatic N) is 1. The summed E-state index contributed by atoms with van der Waals surface area (Å²) < 4.78 is 5.16. The maximum absolute atomic E-state index is 11.9. The van der Waals surface area contributed by atoms with E-state index in [9.17, 15) is 9.59 Å². The van der Waals surface area contributed by atoms with Crippen LogP contribution in [0.5, 0.6) is 0 Å². The van der Waals surface area contributed by atoms with E-state index in [2.05, 4.69) is 10.6 Å². The normalized spacial score (nSPS) is 16.2. The van der Waals surface area contributed by atoms with Gasteiger partial charge in [0.1, 0.15) is 5.76 Å². The van der Waals surface area contributed by atoms with Gasteiger partial charge in [-0.25, -0.2) is 0 Å². The Balaban J connectivity index is 1.56. The van der Waals surface area contributed by atoms with Gasteiger partial charge in [-0.05, 0) is 38.4 Å². The van der Waals surface area contributed by atoms with Gasteiger partial charge >= 0.3 is 0 Å². The first-order valence-corrected chi connectivity index (χ1v) is 7.48. The minimum Gasteiger partial charge on any atom is -0.467 e. The summed E-state index contributed by atoms with van der Waals surface area (Å²) in [5.74, 6) is 0.936. The topological polar surface area (TPSA) is 74.6 Å². The van der Waals surface area contributed by atoms with Gasteiger partial charge in [0.05, 0.1) is 18.8 Å². The molecule has 2 heterocycles. The Kier molecular flexibility index (Phi) is 5.80. The minimum absolute atomic E-state index is 0.0522. The molecular weight excluding hydrogens is 270 g/mol. The van der Waals surface area contributed by atoms with E-state index in [4.69, 9.17) is 4.42 Å². The quantitative estimate of drug-likeness (QED) is 0.698. The van der Waals surface area contributed by atoms with Crippen molar-refractivity contribution in [3.63, 3.8) is 0 Å². The molecule has 0 aromatic carbocycles. The van der Waals surface area contributed by atoms with Crippen LogP contribution < -0.4 is 10.6 Å². The summed E-state index contributed by atoms with van der Waals surface area (Å²) in [6.45, 7) is 4.60. The molecule has 1 aromatic heterocycles. The van der Waals surface area contributed by atoms with Crippen molar-refractivity contribution in [3.8, 4) is 0 Å². The van der Waals surface area contributed by atoms with Crippen LogP contribution in [-0.4, -0.2) is 42.4 Å². The summed E-state index contributed by atoms with van der Waals surface area (Å²) in [5, 5.41) is 5.98. The summed E-state index contributed by atoms with van der Waals surface area (Å²) in [6, 6.07) is 3.36. The lowest BCUT2D eigenvalue weighted by Gasteiger charge is -2.17. The van der Waals surface area contributed by atoms with Crippen LogP contribution in [0.15, 0.2) is 22.8 Å². The molecule has 6 heteroatoms. The van der Waals surface area contributed by atoms with Crippen LogP contribution in [0.3, 0.4) is 0 Å². The first-order chi connectivity index (χ1) is 10.2. The monoisotopic (exact) mass is 293 g/mol. The van der Waals surface area contributed by atoms with Crippen molar-refractivity contribution in [1.29, 1.82) is 0 Å². The van der Waals surface area contributed by atoms with E-state index in [1.807, 2.05) is 17.9 Å². The first kappa shape index (κ1) is 15.6. The second kappa shape index (κ2) is 7.83. The summed E-state index contributed by atoms with van der Waals surface area (Å²) in [4.78, 5) is 25.2. The molecule has 116 valence electrons. The van der Waals surface area contributed by atoms with E-state index in [0.29, 0.717) is 13.0 Å². The molecule has 6 nitrogen and oxygen atoms in total. The summed E-state index contributed by atoms with van der Waals surface area (Å²) >= 11 is 0. The highest BCUT2D eigenvalue weighted by Gasteiger charge is 2.19. The average molecular weight is 293 g/mol. The second-order valence-corrected chi connectivity index (χ2v) is 5.31. The fourth-order valence-electron chi connectivity index (χ4n) is 2.36. The Morgan fingerprint density at radius 3 is 3.05 bits per heavy atom. The third-order valence-electron chi connectivity index (χ3n) is 3.64. The zero-order chi connectivity index (χ0) is 15.1. The molecule has 1 fully saturated rings. The molecule has 2 amide bonds. The van der Waals surface area contributed by atoms with Gasteiger partial charge < -0.3 is 20.0 Å². The molecule has 1 atom stereocenters. The number of hydrogen-bond acceptors (Lipinski definition) is 4. The lowest BCUT2D eigenvalue weighted by Crippen LogP contribution is -2.42. The standard InChI is InChI=1S/C15H23N3O3/c1-12(15(20)17-11-13-5-3-10-21-13)16-7-4-9-18-8-2-6-14(18)19/h3,5,10,12,16H,2,4,6-9,11H2,1H3,(H,17,20). The predicted octanol–water partition coefficient (Wildman–Crippen LogP) is 0.886. The number of rotatable bonds is 8. The first-order valence-electron chi connectivity index (χ1n) is 7.48. The molecule has 21 heavy (non-hydrogen) atoms. The molecule has 1 aliphatic heterocycles. The molecule has 1 saturated heterocycles. The molecule has 1 unspecified atom stereocenters. The van der Waals surface area contributed by atoms with E-state index in [0.717, 1.165) is 38.2 Å². The lowest BCUT2D eigenvalue weighted by atomic mass is 10.3. The van der Waals surface area contributed by atoms with Crippen molar-refractivity contribution in [3.05, 3.63) is 24.2 Å². The maximum atomic E-state index is 11.9. The summed E-state index contributed by atoms with van der Waals surface area (Å²) in [6.07, 6.45) is 4.10. The highest BCUT2D eigenvalue weighted by molar-refractivity contribution is 5.81. The van der Waals surface area contributed by atoms with Gasteiger partial charge in [-0.2, -0.15) is 0 Å². The van der Waals surface area contributed by atoms with Crippen LogP contribution in [0.1, 0.15) is 31.9 Å². The van der Waals surface area contributed by atoms with Crippen LogP contribution in [-0.2, 0) is 16.1 Å². The molecule has 0 aliphatic carbocycles. The molecule has 2 N–H and O–H groups in total. The third-order valence-corrected chi connectivity index (χ3v) is 3.64. The number of furan rings is 1. The Hall–Kier alpha value is -1.82. The number of amides is 2. The van der Waals surface area contributed by atoms with Crippen LogP contribution >= 0.6 is 0 Å². The number of carbonyl (C=O) groups excluding carboxylic acids is 2. The van der Waals surface area contributed by atoms with Gasteiger partial charge in [-0.3, -0.25) is 9.59 Å². The molecular formula is C15H23N3O3. The fourth-order valence-corrected chi connectivity index (χ4v) is 2.36. The smallest absolute Gasteiger partial charge is 0.237 e. The Morgan fingerprint density at radius 2 is 2.38 bits per heavy atom. The van der Waals surface area contributed by atoms with E-state index in [-0.39, 0.29) is 17.9 Å². The minimum atomic E-state index is -0.255. The maximum Gasteiger partial charge on any atom is 0.237 e. The van der Waals surface area contributed by atoms with Crippen LogP contribution in [0, 0.1) is 0 Å². The summed E-state index contributed by atoms with van der Waals surface area (Å²) in [7, 11) is 0. The molecule has 0 bridgehead atoms. The number of likely N-dealkylation sites (tertiary alicyclic amines) is 1. The van der Waals surface area contributed by atoms with Crippen LogP contribution in [0.4, 0.5) is 0 Å². The van der Waals surface area contributed by atoms with Crippen LogP contribution in [0.25, 0.3) is 0 Å². The highest BCUT2D eigenvalue weighted by atomic mass is 16.3. The highest BCUT2D eigenvalue weighted by Crippen LogP contribution is 2.09. The molecule has 0 radical (unpaired) electrons. The van der Waals surface area contributed by atoms with Gasteiger partial charge in [0.15, 0.2) is 0 Å². The van der Waals surface area contributed by atoms with Crippen molar-refractivity contribution in [1.82, 2.24) is 15.5 Å². The van der Waals surface area contributed by atoms with E-state index >= 15 is 0 Å². The number of carbonyl (C=O) groups is 2. The van der Waals surface area contributed by atoms with Crippen molar-refractivity contribution in [2.24, 2.45) is 0 Å². The largest absolute Gasteiger partial charge is 0.467 e. The van der Waals surface area contributed by atoms with Gasteiger partial charge in [-0.1, -0.05) is 0 Å². The molecule has 0 saturated carbocycles. The van der Waals surface area contributed by atoms with Crippen molar-refractivity contribution in [2.45, 2.75) is 38.8 Å². The van der Waals surface area contributed by atoms with Crippen molar-refractivity contribution < 1.29 is 14.0 Å². The fraction of sp³-hybridized carbons (Fsp3) is 0.600. The summed E-state index contributed by atoms with van der Waals surface area (Å²) in [5.41, 5.74) is 0. The predicted molar refractivity (Wildman–Crippen MR) is 78.5 cm³/mol. The second-order valence-electron chi connectivity index (χ2n) is 5.31. The van der Waals surface area contributed by atoms with Gasteiger partial charge in [0, 0.05) is 19.5 Å². The van der Waals surface area contributed by atoms with Gasteiger partial charge in [-0.15, -0.1) is 0 Å². The van der Waals surface area contributed by atoms with Crippen molar-refractivity contribution in [2.75, 3.05) is 19.6 Å². The average Bonchev–Trinajstić information content (AvgIpc) is 3.12. The molecule has 1 aliphatic rings. The molecule has 0 spiro atoms. The van der Waals surface area contributed by atoms with Crippen molar-refractivity contribution >= 4 is 11.8 Å². The van der Waals surface area contributed by atoms with E-state index in [1.54, 1.807) is 12.3 Å². The number of nitrogens with one attached hydrogen (secondary N) is 2. The van der Waals surface area contributed by atoms with Gasteiger partial charge in [0.25, 0.3) is 0 Å². The zero-order valence-electron chi connectivity index (χ0n) is 12.4. The Morgan fingerprint density at radius 1 is 1.52 bits per heavy atom. The SMILES string of the molecule is CC(NCCCN1CCCC1=O)C(=O)NCc1ccco1. The van der Waals surface area contributed by atoms with Gasteiger partial charge in [0.2, 0.25) is 11.8 Å². The third kappa shape index (κ3) is 4.90. The van der Waals surface area contributed by atoms with E-state index < -0.39 is 0 Å². The lowest BCUT2D eigenvalue weighted by molar-refractivity contribution is -0.128. The van der Waals surface area contributed by atoms with Crippen LogP contribution in [0.2, 0.25) is 0 Å². The number of hydrogen-bond donors (Lipinski definition) is 2. The Labute approximate surface area is 124 Å². The molecule has 2 rings (SSSR count). The molecule has 1 aromatic rings. The Bertz CT molecular complexity index is 459.